The Balaban J connectivity index is 2.10. The summed E-state index contributed by atoms with van der Waals surface area (Å²) in [5, 5.41) is 2.94. The second-order valence-corrected chi connectivity index (χ2v) is 5.51. The van der Waals surface area contributed by atoms with Crippen molar-refractivity contribution in [3.63, 3.8) is 0 Å². The smallest absolute Gasteiger partial charge is 0.228 e. The molecule has 3 heteroatoms. The second-order valence-electron chi connectivity index (χ2n) is 5.51. The number of para-hydroxylation sites is 2. The number of carbonyl (C=O) groups excluding carboxylic acids is 1. The van der Waals surface area contributed by atoms with Gasteiger partial charge in [-0.25, -0.2) is 0 Å². The van der Waals surface area contributed by atoms with Crippen molar-refractivity contribution < 1.29 is 4.79 Å². The molecule has 1 aliphatic carbocycles. The third-order valence-electron chi connectivity index (χ3n) is 3.79. The quantitative estimate of drug-likeness (QED) is 0.770. The highest BCUT2D eigenvalue weighted by atomic mass is 16.1. The molecular weight excluding hydrogens is 212 g/mol. The Morgan fingerprint density at radius 2 is 2.12 bits per heavy atom. The summed E-state index contributed by atoms with van der Waals surface area (Å²) < 4.78 is 0. The number of nitrogens with one attached hydrogen (secondary N) is 1. The monoisotopic (exact) mass is 232 g/mol. The lowest BCUT2D eigenvalue weighted by Crippen LogP contribution is -2.31. The number of rotatable bonds is 2. The molecule has 0 aromatic heterocycles. The van der Waals surface area contributed by atoms with E-state index >= 15 is 0 Å². The van der Waals surface area contributed by atoms with Crippen molar-refractivity contribution in [1.29, 1.82) is 0 Å². The number of benzene rings is 1. The highest BCUT2D eigenvalue weighted by Crippen LogP contribution is 2.43. The molecule has 1 fully saturated rings. The Bertz CT molecular complexity index is 426. The van der Waals surface area contributed by atoms with Crippen molar-refractivity contribution in [1.82, 2.24) is 0 Å². The first kappa shape index (κ1) is 12.0. The molecular formula is C14H20N2O. The fourth-order valence-corrected chi connectivity index (χ4v) is 2.64. The fourth-order valence-electron chi connectivity index (χ4n) is 2.64. The van der Waals surface area contributed by atoms with Crippen molar-refractivity contribution >= 4 is 17.3 Å². The summed E-state index contributed by atoms with van der Waals surface area (Å²) in [6, 6.07) is 7.39. The van der Waals surface area contributed by atoms with Gasteiger partial charge in [0.2, 0.25) is 5.91 Å². The molecule has 0 saturated heterocycles. The molecule has 1 atom stereocenters. The van der Waals surface area contributed by atoms with Crippen LogP contribution < -0.4 is 11.1 Å². The minimum absolute atomic E-state index is 0.0992. The van der Waals surface area contributed by atoms with Crippen molar-refractivity contribution in [3.05, 3.63) is 24.3 Å². The van der Waals surface area contributed by atoms with Crippen LogP contribution in [0, 0.1) is 11.3 Å². The molecule has 0 radical (unpaired) electrons. The maximum absolute atomic E-state index is 12.2. The van der Waals surface area contributed by atoms with Crippen LogP contribution in [0.5, 0.6) is 0 Å². The summed E-state index contributed by atoms with van der Waals surface area (Å²) in [6.45, 7) is 4.33. The van der Waals surface area contributed by atoms with Gasteiger partial charge in [0.05, 0.1) is 11.4 Å². The van der Waals surface area contributed by atoms with Gasteiger partial charge in [-0.2, -0.15) is 0 Å². The number of anilines is 2. The van der Waals surface area contributed by atoms with Gasteiger partial charge in [0, 0.05) is 5.92 Å². The molecule has 1 unspecified atom stereocenters. The summed E-state index contributed by atoms with van der Waals surface area (Å²) in [7, 11) is 0. The average Bonchev–Trinajstić information content (AvgIpc) is 2.61. The van der Waals surface area contributed by atoms with Gasteiger partial charge in [-0.05, 0) is 30.4 Å². The minimum atomic E-state index is 0.0992. The van der Waals surface area contributed by atoms with Gasteiger partial charge in [-0.15, -0.1) is 0 Å². The highest BCUT2D eigenvalue weighted by Gasteiger charge is 2.39. The lowest BCUT2D eigenvalue weighted by Gasteiger charge is -2.26. The second kappa shape index (κ2) is 4.40. The van der Waals surface area contributed by atoms with Crippen LogP contribution >= 0.6 is 0 Å². The first-order chi connectivity index (χ1) is 8.00. The zero-order valence-corrected chi connectivity index (χ0v) is 10.5. The number of amides is 1. The van der Waals surface area contributed by atoms with Crippen molar-refractivity contribution in [2.24, 2.45) is 11.3 Å². The molecule has 17 heavy (non-hydrogen) atoms. The van der Waals surface area contributed by atoms with E-state index in [1.807, 2.05) is 18.2 Å². The van der Waals surface area contributed by atoms with Crippen LogP contribution in [0.4, 0.5) is 11.4 Å². The van der Waals surface area contributed by atoms with Crippen LogP contribution in [0.25, 0.3) is 0 Å². The molecule has 0 aliphatic heterocycles. The topological polar surface area (TPSA) is 55.1 Å². The maximum Gasteiger partial charge on any atom is 0.228 e. The molecule has 0 spiro atoms. The van der Waals surface area contributed by atoms with Gasteiger partial charge < -0.3 is 11.1 Å². The van der Waals surface area contributed by atoms with E-state index in [0.717, 1.165) is 24.9 Å². The van der Waals surface area contributed by atoms with E-state index in [1.54, 1.807) is 6.07 Å². The van der Waals surface area contributed by atoms with E-state index in [0.29, 0.717) is 5.69 Å². The molecule has 92 valence electrons. The molecule has 1 saturated carbocycles. The number of carbonyl (C=O) groups is 1. The van der Waals surface area contributed by atoms with E-state index in [4.69, 9.17) is 5.73 Å². The van der Waals surface area contributed by atoms with Gasteiger partial charge in [0.15, 0.2) is 0 Å². The molecule has 0 bridgehead atoms. The van der Waals surface area contributed by atoms with E-state index in [9.17, 15) is 4.79 Å². The van der Waals surface area contributed by atoms with Crippen molar-refractivity contribution in [2.45, 2.75) is 33.1 Å². The molecule has 1 aromatic rings. The Hall–Kier alpha value is -1.51. The lowest BCUT2D eigenvalue weighted by atomic mass is 9.81. The van der Waals surface area contributed by atoms with Gasteiger partial charge >= 0.3 is 0 Å². The molecule has 1 aliphatic rings. The maximum atomic E-state index is 12.2. The molecule has 3 N–H and O–H groups in total. The van der Waals surface area contributed by atoms with E-state index in [-0.39, 0.29) is 17.2 Å². The van der Waals surface area contributed by atoms with Gasteiger partial charge in [0.1, 0.15) is 0 Å². The molecule has 1 aromatic carbocycles. The van der Waals surface area contributed by atoms with Crippen LogP contribution in [0.1, 0.15) is 33.1 Å². The predicted octanol–water partition coefficient (Wildman–Crippen LogP) is 3.03. The molecule has 0 heterocycles. The summed E-state index contributed by atoms with van der Waals surface area (Å²) in [5.74, 6) is 0.201. The Kier molecular flexibility index (Phi) is 3.09. The van der Waals surface area contributed by atoms with Crippen LogP contribution in [0.15, 0.2) is 24.3 Å². The number of hydrogen-bond acceptors (Lipinski definition) is 2. The first-order valence-corrected chi connectivity index (χ1v) is 6.16. The number of nitrogens with two attached hydrogens (primary N) is 1. The number of hydrogen-bond donors (Lipinski definition) is 2. The van der Waals surface area contributed by atoms with Crippen LogP contribution in [0.2, 0.25) is 0 Å². The standard InChI is InChI=1S/C14H20N2O/c1-14(2)9-5-6-10(14)13(17)16-12-8-4-3-7-11(12)15/h3-4,7-8,10H,5-6,9,15H2,1-2H3,(H,16,17). The summed E-state index contributed by atoms with van der Waals surface area (Å²) in [6.07, 6.45) is 3.23. The van der Waals surface area contributed by atoms with E-state index in [2.05, 4.69) is 19.2 Å². The van der Waals surface area contributed by atoms with Crippen molar-refractivity contribution in [2.75, 3.05) is 11.1 Å². The minimum Gasteiger partial charge on any atom is -0.397 e. The highest BCUT2D eigenvalue weighted by molar-refractivity contribution is 5.95. The fraction of sp³-hybridized carbons (Fsp3) is 0.500. The Morgan fingerprint density at radius 1 is 1.41 bits per heavy atom. The third-order valence-corrected chi connectivity index (χ3v) is 3.79. The Labute approximate surface area is 102 Å². The Morgan fingerprint density at radius 3 is 2.71 bits per heavy atom. The van der Waals surface area contributed by atoms with Crippen LogP contribution in [0.3, 0.4) is 0 Å². The molecule has 2 rings (SSSR count). The zero-order chi connectivity index (χ0) is 12.5. The largest absolute Gasteiger partial charge is 0.397 e. The van der Waals surface area contributed by atoms with Gasteiger partial charge in [-0.1, -0.05) is 32.4 Å². The van der Waals surface area contributed by atoms with Gasteiger partial charge in [-0.3, -0.25) is 4.79 Å². The van der Waals surface area contributed by atoms with Crippen LogP contribution in [-0.2, 0) is 4.79 Å². The molecule has 3 nitrogen and oxygen atoms in total. The van der Waals surface area contributed by atoms with E-state index in [1.165, 1.54) is 0 Å². The van der Waals surface area contributed by atoms with E-state index < -0.39 is 0 Å². The van der Waals surface area contributed by atoms with Crippen molar-refractivity contribution in [3.8, 4) is 0 Å². The summed E-state index contributed by atoms with van der Waals surface area (Å²) >= 11 is 0. The third kappa shape index (κ3) is 2.43. The van der Waals surface area contributed by atoms with Crippen LogP contribution in [-0.4, -0.2) is 5.91 Å². The molecule has 1 amide bonds. The SMILES string of the molecule is CC1(C)CCCC1C(=O)Nc1ccccc1N. The summed E-state index contributed by atoms with van der Waals surface area (Å²) in [5.41, 5.74) is 7.27. The normalized spacial score (nSPS) is 22.4. The zero-order valence-electron chi connectivity index (χ0n) is 10.5. The lowest BCUT2D eigenvalue weighted by molar-refractivity contribution is -0.122. The first-order valence-electron chi connectivity index (χ1n) is 6.16. The summed E-state index contributed by atoms with van der Waals surface area (Å²) in [4.78, 5) is 12.2. The predicted molar refractivity (Wildman–Crippen MR) is 70.6 cm³/mol. The van der Waals surface area contributed by atoms with Gasteiger partial charge in [0.25, 0.3) is 0 Å². The number of nitrogen functional groups attached to an aromatic ring is 1. The average molecular weight is 232 g/mol.